The first-order valence-electron chi connectivity index (χ1n) is 6.73. The van der Waals surface area contributed by atoms with Crippen molar-refractivity contribution >= 4 is 11.9 Å². The number of rotatable bonds is 9. The van der Waals surface area contributed by atoms with Crippen LogP contribution in [0.5, 0.6) is 0 Å². The van der Waals surface area contributed by atoms with Gasteiger partial charge in [0.2, 0.25) is 5.91 Å². The Balaban J connectivity index is 4.63. The van der Waals surface area contributed by atoms with Crippen molar-refractivity contribution in [3.05, 3.63) is 12.2 Å². The van der Waals surface area contributed by atoms with E-state index in [1.165, 1.54) is 0 Å². The molecule has 19 heavy (non-hydrogen) atoms. The first kappa shape index (κ1) is 17.6. The second kappa shape index (κ2) is 7.94. The Morgan fingerprint density at radius 2 is 1.79 bits per heavy atom. The monoisotopic (exact) mass is 270 g/mol. The van der Waals surface area contributed by atoms with Crippen molar-refractivity contribution in [3.8, 4) is 0 Å². The summed E-state index contributed by atoms with van der Waals surface area (Å²) in [5, 5.41) is 12.2. The van der Waals surface area contributed by atoms with Crippen LogP contribution in [0.4, 0.5) is 0 Å². The molecule has 0 spiro atoms. The third-order valence-corrected chi connectivity index (χ3v) is 3.39. The van der Waals surface area contributed by atoms with Gasteiger partial charge in [-0.05, 0) is 26.7 Å². The lowest BCUT2D eigenvalue weighted by atomic mass is 9.93. The number of aliphatic carboxylic acids is 1. The Kier molecular flexibility index (Phi) is 7.37. The molecule has 110 valence electrons. The van der Waals surface area contributed by atoms with Crippen molar-refractivity contribution in [1.82, 2.24) is 10.2 Å². The van der Waals surface area contributed by atoms with Gasteiger partial charge in [-0.3, -0.25) is 14.9 Å². The quantitative estimate of drug-likeness (QED) is 0.625. The van der Waals surface area contributed by atoms with Gasteiger partial charge in [-0.1, -0.05) is 26.0 Å². The maximum atomic E-state index is 12.0. The number of hydrogen-bond acceptors (Lipinski definition) is 3. The van der Waals surface area contributed by atoms with E-state index in [0.717, 1.165) is 5.57 Å². The Morgan fingerprint density at radius 1 is 1.26 bits per heavy atom. The summed E-state index contributed by atoms with van der Waals surface area (Å²) in [6, 6.07) is 0. The minimum Gasteiger partial charge on any atom is -0.480 e. The summed E-state index contributed by atoms with van der Waals surface area (Å²) in [6.07, 6.45) is 0.886. The second-order valence-corrected chi connectivity index (χ2v) is 4.81. The van der Waals surface area contributed by atoms with Crippen molar-refractivity contribution in [2.45, 2.75) is 46.1 Å². The molecule has 0 aliphatic heterocycles. The predicted molar refractivity (Wildman–Crippen MR) is 76.0 cm³/mol. The molecule has 0 fully saturated rings. The third kappa shape index (κ3) is 5.03. The van der Waals surface area contributed by atoms with Crippen molar-refractivity contribution in [2.75, 3.05) is 19.6 Å². The summed E-state index contributed by atoms with van der Waals surface area (Å²) in [6.45, 7) is 12.3. The van der Waals surface area contributed by atoms with E-state index in [1.54, 1.807) is 18.7 Å². The Bertz CT molecular complexity index is 336. The van der Waals surface area contributed by atoms with Crippen LogP contribution in [0.15, 0.2) is 12.2 Å². The molecule has 5 nitrogen and oxygen atoms in total. The number of amides is 1. The molecule has 0 aliphatic carbocycles. The average molecular weight is 270 g/mol. The maximum absolute atomic E-state index is 12.0. The molecule has 0 bridgehead atoms. The van der Waals surface area contributed by atoms with Gasteiger partial charge >= 0.3 is 5.97 Å². The molecule has 5 heteroatoms. The van der Waals surface area contributed by atoms with Crippen molar-refractivity contribution in [2.24, 2.45) is 0 Å². The highest BCUT2D eigenvalue weighted by Gasteiger charge is 2.34. The maximum Gasteiger partial charge on any atom is 0.323 e. The van der Waals surface area contributed by atoms with Gasteiger partial charge in [-0.2, -0.15) is 0 Å². The summed E-state index contributed by atoms with van der Waals surface area (Å²) in [5.41, 5.74) is -0.108. The fraction of sp³-hybridized carbons (Fsp3) is 0.714. The summed E-state index contributed by atoms with van der Waals surface area (Å²) >= 11 is 0. The minimum atomic E-state index is -1.02. The molecule has 0 saturated carbocycles. The molecule has 0 aromatic rings. The molecule has 0 unspecified atom stereocenters. The molecule has 0 heterocycles. The van der Waals surface area contributed by atoms with Crippen LogP contribution < -0.4 is 5.32 Å². The number of carboxylic acid groups (broad SMARTS) is 1. The lowest BCUT2D eigenvalue weighted by molar-refractivity contribution is -0.145. The van der Waals surface area contributed by atoms with Crippen LogP contribution in [0, 0.1) is 0 Å². The van der Waals surface area contributed by atoms with Crippen LogP contribution in [0.1, 0.15) is 40.5 Å². The van der Waals surface area contributed by atoms with Crippen LogP contribution in [-0.4, -0.2) is 47.1 Å². The van der Waals surface area contributed by atoms with E-state index in [1.807, 2.05) is 13.8 Å². The van der Waals surface area contributed by atoms with Gasteiger partial charge in [0, 0.05) is 13.1 Å². The highest BCUT2D eigenvalue weighted by molar-refractivity contribution is 5.82. The molecule has 0 rings (SSSR count). The smallest absolute Gasteiger partial charge is 0.323 e. The zero-order valence-electron chi connectivity index (χ0n) is 12.5. The summed E-state index contributed by atoms with van der Waals surface area (Å²) < 4.78 is 0. The van der Waals surface area contributed by atoms with Crippen LogP contribution in [-0.2, 0) is 9.59 Å². The van der Waals surface area contributed by atoms with E-state index in [-0.39, 0.29) is 12.5 Å². The molecule has 0 atom stereocenters. The van der Waals surface area contributed by atoms with Gasteiger partial charge in [0.15, 0.2) is 0 Å². The molecule has 0 saturated heterocycles. The number of carboxylic acids is 1. The van der Waals surface area contributed by atoms with Gasteiger partial charge in [-0.25, -0.2) is 0 Å². The molecule has 2 N–H and O–H groups in total. The summed E-state index contributed by atoms with van der Waals surface area (Å²) in [5.74, 6) is -1.01. The first-order chi connectivity index (χ1) is 8.82. The molecule has 0 aromatic heterocycles. The SMILES string of the molecule is C=C(C)CN(CC)C(=O)CNC(CC)(CC)C(=O)O. The van der Waals surface area contributed by atoms with Crippen LogP contribution in [0.2, 0.25) is 0 Å². The molecule has 0 aliphatic rings. The lowest BCUT2D eigenvalue weighted by Crippen LogP contribution is -2.54. The fourth-order valence-corrected chi connectivity index (χ4v) is 1.94. The number of nitrogens with one attached hydrogen (secondary N) is 1. The van der Waals surface area contributed by atoms with Gasteiger partial charge in [0.25, 0.3) is 0 Å². The third-order valence-electron chi connectivity index (χ3n) is 3.39. The first-order valence-corrected chi connectivity index (χ1v) is 6.73. The lowest BCUT2D eigenvalue weighted by Gasteiger charge is -2.29. The Morgan fingerprint density at radius 3 is 2.11 bits per heavy atom. The van der Waals surface area contributed by atoms with Crippen molar-refractivity contribution in [1.29, 1.82) is 0 Å². The zero-order chi connectivity index (χ0) is 15.1. The molecular formula is C14H26N2O3. The summed E-state index contributed by atoms with van der Waals surface area (Å²) in [7, 11) is 0. The van der Waals surface area contributed by atoms with E-state index >= 15 is 0 Å². The van der Waals surface area contributed by atoms with E-state index in [2.05, 4.69) is 11.9 Å². The minimum absolute atomic E-state index is 0.0368. The highest BCUT2D eigenvalue weighted by Crippen LogP contribution is 2.15. The Labute approximate surface area is 115 Å². The van der Waals surface area contributed by atoms with Crippen LogP contribution >= 0.6 is 0 Å². The van der Waals surface area contributed by atoms with Crippen molar-refractivity contribution in [3.63, 3.8) is 0 Å². The number of carbonyl (C=O) groups excluding carboxylic acids is 1. The van der Waals surface area contributed by atoms with Gasteiger partial charge < -0.3 is 10.0 Å². The fourth-order valence-electron chi connectivity index (χ4n) is 1.94. The predicted octanol–water partition coefficient (Wildman–Crippen LogP) is 1.64. The van der Waals surface area contributed by atoms with Crippen molar-refractivity contribution < 1.29 is 14.7 Å². The number of nitrogens with zero attached hydrogens (tertiary/aromatic N) is 1. The normalized spacial score (nSPS) is 11.2. The molecular weight excluding hydrogens is 244 g/mol. The molecule has 0 aromatic carbocycles. The highest BCUT2D eigenvalue weighted by atomic mass is 16.4. The van der Waals surface area contributed by atoms with E-state index in [0.29, 0.717) is 25.9 Å². The van der Waals surface area contributed by atoms with Crippen LogP contribution in [0.25, 0.3) is 0 Å². The average Bonchev–Trinajstić information content (AvgIpc) is 2.36. The number of likely N-dealkylation sites (N-methyl/N-ethyl adjacent to an activating group) is 1. The van der Waals surface area contributed by atoms with Gasteiger partial charge in [0.1, 0.15) is 5.54 Å². The zero-order valence-corrected chi connectivity index (χ0v) is 12.5. The van der Waals surface area contributed by atoms with E-state index < -0.39 is 11.5 Å². The van der Waals surface area contributed by atoms with E-state index in [4.69, 9.17) is 0 Å². The standard InChI is InChI=1S/C14H26N2O3/c1-6-14(7-2,13(18)19)15-9-12(17)16(8-3)10-11(4)5/h15H,4,6-10H2,1-3,5H3,(H,18,19). The van der Waals surface area contributed by atoms with Gasteiger partial charge in [0.05, 0.1) is 6.54 Å². The topological polar surface area (TPSA) is 69.6 Å². The van der Waals surface area contributed by atoms with Crippen LogP contribution in [0.3, 0.4) is 0 Å². The molecule has 1 amide bonds. The summed E-state index contributed by atoms with van der Waals surface area (Å²) in [4.78, 5) is 25.0. The largest absolute Gasteiger partial charge is 0.480 e. The van der Waals surface area contributed by atoms with E-state index in [9.17, 15) is 14.7 Å². The number of hydrogen-bond donors (Lipinski definition) is 2. The van der Waals surface area contributed by atoms with Gasteiger partial charge in [-0.15, -0.1) is 0 Å². The Hall–Kier alpha value is -1.36. The molecule has 0 radical (unpaired) electrons. The number of carbonyl (C=O) groups is 2. The second-order valence-electron chi connectivity index (χ2n) is 4.81.